The van der Waals surface area contributed by atoms with E-state index >= 15 is 0 Å². The Morgan fingerprint density at radius 1 is 0.862 bits per heavy atom. The summed E-state index contributed by atoms with van der Waals surface area (Å²) in [5.74, 6) is -2.45. The molecule has 144 valence electrons. The van der Waals surface area contributed by atoms with Crippen LogP contribution in [0.5, 0.6) is 0 Å². The number of likely N-dealkylation sites (tertiary alicyclic amines) is 1. The summed E-state index contributed by atoms with van der Waals surface area (Å²) in [7, 11) is 0. The Kier molecular flexibility index (Phi) is 4.96. The molecule has 1 aliphatic rings. The molecule has 0 saturated carbocycles. The molecule has 1 atom stereocenters. The summed E-state index contributed by atoms with van der Waals surface area (Å²) in [5.41, 5.74) is 1.25. The first-order valence-corrected chi connectivity index (χ1v) is 9.20. The van der Waals surface area contributed by atoms with Gasteiger partial charge in [-0.1, -0.05) is 78.9 Å². The molecule has 1 saturated heterocycles. The van der Waals surface area contributed by atoms with E-state index in [2.05, 4.69) is 0 Å². The number of hydrogen-bond acceptors (Lipinski definition) is 3. The van der Waals surface area contributed by atoms with Crippen LogP contribution in [-0.2, 0) is 16.1 Å². The molecule has 4 nitrogen and oxygen atoms in total. The molecule has 1 aliphatic heterocycles. The molecule has 1 amide bonds. The molecule has 1 heterocycles. The van der Waals surface area contributed by atoms with E-state index < -0.39 is 23.5 Å². The van der Waals surface area contributed by atoms with Gasteiger partial charge in [0.1, 0.15) is 11.6 Å². The second kappa shape index (κ2) is 7.72. The summed E-state index contributed by atoms with van der Waals surface area (Å²) >= 11 is 0. The van der Waals surface area contributed by atoms with Gasteiger partial charge in [-0.2, -0.15) is 0 Å². The molecule has 4 rings (SSSR count). The Morgan fingerprint density at radius 3 is 2.10 bits per heavy atom. The van der Waals surface area contributed by atoms with Crippen LogP contribution in [0.2, 0.25) is 0 Å². The third-order valence-electron chi connectivity index (χ3n) is 4.98. The second-order valence-corrected chi connectivity index (χ2v) is 6.80. The van der Waals surface area contributed by atoms with Crippen molar-refractivity contribution in [3.63, 3.8) is 0 Å². The van der Waals surface area contributed by atoms with Gasteiger partial charge in [0.25, 0.3) is 11.7 Å². The Labute approximate surface area is 167 Å². The van der Waals surface area contributed by atoms with E-state index in [1.54, 1.807) is 42.5 Å². The van der Waals surface area contributed by atoms with E-state index in [1.165, 1.54) is 17.0 Å². The van der Waals surface area contributed by atoms with Crippen molar-refractivity contribution < 1.29 is 19.1 Å². The van der Waals surface area contributed by atoms with Gasteiger partial charge in [-0.05, 0) is 11.6 Å². The molecule has 1 fully saturated rings. The van der Waals surface area contributed by atoms with Crippen molar-refractivity contribution >= 4 is 17.4 Å². The zero-order chi connectivity index (χ0) is 20.4. The normalized spacial score (nSPS) is 18.2. The van der Waals surface area contributed by atoms with E-state index in [-0.39, 0.29) is 23.4 Å². The number of Topliss-reactive ketones (excluding diaryl/α,β-unsaturated/α-hetero) is 1. The summed E-state index contributed by atoms with van der Waals surface area (Å²) < 4.78 is 14.7. The Balaban J connectivity index is 1.89. The highest BCUT2D eigenvalue weighted by molar-refractivity contribution is 6.46. The maximum Gasteiger partial charge on any atom is 0.295 e. The zero-order valence-corrected chi connectivity index (χ0v) is 15.5. The molecular formula is C24H18FNO3. The second-order valence-electron chi connectivity index (χ2n) is 6.80. The Hall–Kier alpha value is -3.73. The lowest BCUT2D eigenvalue weighted by Gasteiger charge is -2.25. The number of carbonyl (C=O) groups is 2. The van der Waals surface area contributed by atoms with Gasteiger partial charge in [0, 0.05) is 17.7 Å². The lowest BCUT2D eigenvalue weighted by Crippen LogP contribution is -2.29. The predicted octanol–water partition coefficient (Wildman–Crippen LogP) is 4.45. The Morgan fingerprint density at radius 2 is 1.45 bits per heavy atom. The molecule has 5 heteroatoms. The topological polar surface area (TPSA) is 57.6 Å². The number of halogens is 1. The van der Waals surface area contributed by atoms with Crippen molar-refractivity contribution in [1.82, 2.24) is 4.90 Å². The fourth-order valence-electron chi connectivity index (χ4n) is 3.59. The van der Waals surface area contributed by atoms with Crippen LogP contribution in [0.4, 0.5) is 4.39 Å². The molecule has 3 aromatic rings. The molecule has 0 aromatic heterocycles. The zero-order valence-electron chi connectivity index (χ0n) is 15.5. The standard InChI is InChI=1S/C24H18FNO3/c25-19-14-8-7-13-18(19)21-20(22(27)17-11-5-2-6-12-17)23(28)24(29)26(21)15-16-9-3-1-4-10-16/h1-14,21,27H,15H2/b22-20+/t21-/m0/s1. The van der Waals surface area contributed by atoms with Crippen LogP contribution in [0.3, 0.4) is 0 Å². The number of amides is 1. The van der Waals surface area contributed by atoms with Gasteiger partial charge in [0.2, 0.25) is 0 Å². The van der Waals surface area contributed by atoms with Crippen molar-refractivity contribution in [1.29, 1.82) is 0 Å². The monoisotopic (exact) mass is 387 g/mol. The first-order chi connectivity index (χ1) is 14.1. The van der Waals surface area contributed by atoms with Crippen molar-refractivity contribution in [2.45, 2.75) is 12.6 Å². The van der Waals surface area contributed by atoms with E-state index in [9.17, 15) is 19.1 Å². The van der Waals surface area contributed by atoms with Gasteiger partial charge in [0.15, 0.2) is 0 Å². The highest BCUT2D eigenvalue weighted by Crippen LogP contribution is 2.41. The highest BCUT2D eigenvalue weighted by atomic mass is 19.1. The van der Waals surface area contributed by atoms with Crippen LogP contribution in [0.15, 0.2) is 90.5 Å². The minimum atomic E-state index is -1.02. The summed E-state index contributed by atoms with van der Waals surface area (Å²) in [6.07, 6.45) is 0. The molecule has 0 unspecified atom stereocenters. The van der Waals surface area contributed by atoms with E-state index in [0.29, 0.717) is 5.56 Å². The molecule has 0 bridgehead atoms. The minimum Gasteiger partial charge on any atom is -0.507 e. The van der Waals surface area contributed by atoms with Crippen LogP contribution < -0.4 is 0 Å². The van der Waals surface area contributed by atoms with Crippen LogP contribution in [0.1, 0.15) is 22.7 Å². The largest absolute Gasteiger partial charge is 0.507 e. The van der Waals surface area contributed by atoms with Crippen molar-refractivity contribution in [3.8, 4) is 0 Å². The number of rotatable bonds is 4. The number of ketones is 1. The van der Waals surface area contributed by atoms with Gasteiger partial charge in [-0.15, -0.1) is 0 Å². The van der Waals surface area contributed by atoms with Crippen molar-refractivity contribution in [2.75, 3.05) is 0 Å². The smallest absolute Gasteiger partial charge is 0.295 e. The van der Waals surface area contributed by atoms with Gasteiger partial charge in [-0.3, -0.25) is 9.59 Å². The van der Waals surface area contributed by atoms with Crippen LogP contribution in [0.25, 0.3) is 5.76 Å². The van der Waals surface area contributed by atoms with E-state index in [0.717, 1.165) is 5.56 Å². The number of benzene rings is 3. The number of aliphatic hydroxyl groups excluding tert-OH is 1. The maximum atomic E-state index is 14.7. The summed E-state index contributed by atoms with van der Waals surface area (Å²) in [6, 6.07) is 22.6. The van der Waals surface area contributed by atoms with Gasteiger partial charge >= 0.3 is 0 Å². The molecule has 1 N–H and O–H groups in total. The SMILES string of the molecule is O=C1C(=O)N(Cc2ccccc2)[C@@H](c2ccccc2F)/C1=C(\O)c1ccccc1. The number of carbonyl (C=O) groups excluding carboxylic acids is 2. The molecular weight excluding hydrogens is 369 g/mol. The maximum absolute atomic E-state index is 14.7. The number of aliphatic hydroxyl groups is 1. The number of hydrogen-bond donors (Lipinski definition) is 1. The van der Waals surface area contributed by atoms with Crippen LogP contribution in [0, 0.1) is 5.82 Å². The van der Waals surface area contributed by atoms with Gasteiger partial charge < -0.3 is 10.0 Å². The van der Waals surface area contributed by atoms with Crippen molar-refractivity contribution in [3.05, 3.63) is 113 Å². The molecule has 0 radical (unpaired) electrons. The number of nitrogens with zero attached hydrogens (tertiary/aromatic N) is 1. The fourth-order valence-corrected chi connectivity index (χ4v) is 3.59. The summed E-state index contributed by atoms with van der Waals surface area (Å²) in [4.78, 5) is 27.1. The third kappa shape index (κ3) is 3.43. The average Bonchev–Trinajstić information content (AvgIpc) is 3.00. The summed E-state index contributed by atoms with van der Waals surface area (Å²) in [6.45, 7) is 0.121. The Bertz CT molecular complexity index is 1090. The third-order valence-corrected chi connectivity index (χ3v) is 4.98. The highest BCUT2D eigenvalue weighted by Gasteiger charge is 2.46. The van der Waals surface area contributed by atoms with E-state index in [1.807, 2.05) is 30.3 Å². The fraction of sp³-hybridized carbons (Fsp3) is 0.0833. The minimum absolute atomic E-state index is 0.109. The lowest BCUT2D eigenvalue weighted by atomic mass is 9.95. The average molecular weight is 387 g/mol. The van der Waals surface area contributed by atoms with E-state index in [4.69, 9.17) is 0 Å². The molecule has 0 aliphatic carbocycles. The summed E-state index contributed by atoms with van der Waals surface area (Å²) in [5, 5.41) is 10.9. The molecule has 0 spiro atoms. The van der Waals surface area contributed by atoms with Crippen molar-refractivity contribution in [2.24, 2.45) is 0 Å². The first kappa shape index (κ1) is 18.6. The van der Waals surface area contributed by atoms with Crippen LogP contribution in [-0.4, -0.2) is 21.7 Å². The first-order valence-electron chi connectivity index (χ1n) is 9.20. The molecule has 3 aromatic carbocycles. The predicted molar refractivity (Wildman–Crippen MR) is 107 cm³/mol. The molecule has 29 heavy (non-hydrogen) atoms. The van der Waals surface area contributed by atoms with Gasteiger partial charge in [-0.25, -0.2) is 4.39 Å². The van der Waals surface area contributed by atoms with Gasteiger partial charge in [0.05, 0.1) is 11.6 Å². The van der Waals surface area contributed by atoms with Crippen LogP contribution >= 0.6 is 0 Å². The lowest BCUT2D eigenvalue weighted by molar-refractivity contribution is -0.140. The quantitative estimate of drug-likeness (QED) is 0.409.